The Bertz CT molecular complexity index is 923. The Balaban J connectivity index is 1.43. The molecule has 2 aliphatic rings. The lowest BCUT2D eigenvalue weighted by atomic mass is 9.87. The summed E-state index contributed by atoms with van der Waals surface area (Å²) in [6.45, 7) is 14.0. The van der Waals surface area contributed by atoms with Crippen LogP contribution < -0.4 is 4.90 Å². The molecule has 0 spiro atoms. The Morgan fingerprint density at radius 2 is 1.75 bits per heavy atom. The molecule has 178 valence electrons. The normalized spacial score (nSPS) is 23.8. The van der Waals surface area contributed by atoms with E-state index in [-0.39, 0.29) is 5.04 Å². The van der Waals surface area contributed by atoms with Gasteiger partial charge in [-0.05, 0) is 90.6 Å². The van der Waals surface area contributed by atoms with Gasteiger partial charge in [0.1, 0.15) is 0 Å². The highest BCUT2D eigenvalue weighted by Gasteiger charge is 2.39. The van der Waals surface area contributed by atoms with Gasteiger partial charge in [0.15, 0.2) is 8.32 Å². The highest BCUT2D eigenvalue weighted by Crippen LogP contribution is 2.40. The molecule has 1 aliphatic heterocycles. The molecule has 5 nitrogen and oxygen atoms in total. The molecular formula is C25H40BrN3O2Si. The van der Waals surface area contributed by atoms with Crippen molar-refractivity contribution in [2.24, 2.45) is 5.92 Å². The number of aromatic nitrogens is 2. The van der Waals surface area contributed by atoms with Gasteiger partial charge < -0.3 is 14.4 Å². The second kappa shape index (κ2) is 9.39. The predicted molar refractivity (Wildman–Crippen MR) is 139 cm³/mol. The number of fused-ring (bicyclic) bond motifs is 1. The van der Waals surface area contributed by atoms with Gasteiger partial charge in [-0.3, -0.25) is 4.68 Å². The lowest BCUT2D eigenvalue weighted by molar-refractivity contribution is 0.152. The Hall–Kier alpha value is -0.893. The van der Waals surface area contributed by atoms with Crippen LogP contribution in [0.3, 0.4) is 0 Å². The minimum absolute atomic E-state index is 0.258. The lowest BCUT2D eigenvalue weighted by Crippen LogP contribution is -2.47. The molecule has 1 saturated heterocycles. The van der Waals surface area contributed by atoms with E-state index in [2.05, 4.69) is 77.7 Å². The van der Waals surface area contributed by atoms with Gasteiger partial charge >= 0.3 is 0 Å². The van der Waals surface area contributed by atoms with E-state index in [0.717, 1.165) is 61.6 Å². The van der Waals surface area contributed by atoms with E-state index in [1.807, 2.05) is 0 Å². The van der Waals surface area contributed by atoms with E-state index in [4.69, 9.17) is 9.52 Å². The SMILES string of the molecule is CC(C)(C)[Si](C)(C)OC1CCN(c2cc3nn([C@H]4CC[C@H](CO)CC4)cc3cc2Br)CC1. The van der Waals surface area contributed by atoms with E-state index in [0.29, 0.717) is 24.7 Å². The van der Waals surface area contributed by atoms with Gasteiger partial charge in [0.2, 0.25) is 0 Å². The Morgan fingerprint density at radius 3 is 2.34 bits per heavy atom. The van der Waals surface area contributed by atoms with Crippen LogP contribution in [0.25, 0.3) is 10.9 Å². The van der Waals surface area contributed by atoms with Crippen LogP contribution >= 0.6 is 15.9 Å². The lowest BCUT2D eigenvalue weighted by Gasteiger charge is -2.42. The Labute approximate surface area is 202 Å². The van der Waals surface area contributed by atoms with Gasteiger partial charge in [0.25, 0.3) is 0 Å². The zero-order chi connectivity index (χ0) is 23.1. The van der Waals surface area contributed by atoms with Crippen molar-refractivity contribution in [3.8, 4) is 0 Å². The van der Waals surface area contributed by atoms with E-state index >= 15 is 0 Å². The van der Waals surface area contributed by atoms with Crippen molar-refractivity contribution in [3.63, 3.8) is 0 Å². The third kappa shape index (κ3) is 5.11. The topological polar surface area (TPSA) is 50.5 Å². The first-order valence-corrected chi connectivity index (χ1v) is 16.0. The van der Waals surface area contributed by atoms with Gasteiger partial charge in [0, 0.05) is 41.9 Å². The van der Waals surface area contributed by atoms with Crippen molar-refractivity contribution in [3.05, 3.63) is 22.8 Å². The van der Waals surface area contributed by atoms with Crippen LogP contribution in [0.5, 0.6) is 0 Å². The summed E-state index contributed by atoms with van der Waals surface area (Å²) in [5, 5.41) is 15.8. The summed E-state index contributed by atoms with van der Waals surface area (Å²) < 4.78 is 10.0. The molecule has 1 N–H and O–H groups in total. The zero-order valence-electron chi connectivity index (χ0n) is 20.4. The zero-order valence-corrected chi connectivity index (χ0v) is 23.0. The summed E-state index contributed by atoms with van der Waals surface area (Å²) in [5.74, 6) is 0.473. The van der Waals surface area contributed by atoms with Crippen LogP contribution in [0.2, 0.25) is 18.1 Å². The number of aliphatic hydroxyl groups is 1. The molecule has 0 atom stereocenters. The fraction of sp³-hybridized carbons (Fsp3) is 0.720. The summed E-state index contributed by atoms with van der Waals surface area (Å²) in [4.78, 5) is 2.49. The molecule has 0 bridgehead atoms. The number of benzene rings is 1. The molecule has 1 aliphatic carbocycles. The molecule has 4 rings (SSSR count). The van der Waals surface area contributed by atoms with Crippen LogP contribution in [0.15, 0.2) is 22.8 Å². The minimum atomic E-state index is -1.72. The fourth-order valence-electron chi connectivity index (χ4n) is 4.88. The molecule has 1 saturated carbocycles. The standard InChI is InChI=1S/C25H40BrN3O2Si/c1-25(2,3)32(4,5)31-21-10-12-28(13-11-21)24-15-23-19(14-22(24)26)16-29(27-23)20-8-6-18(17-30)7-9-20/h14-16,18,20-21,30H,6-13,17H2,1-5H3/t18-,20-. The molecule has 2 fully saturated rings. The third-order valence-electron chi connectivity index (χ3n) is 8.09. The second-order valence-electron chi connectivity index (χ2n) is 11.4. The predicted octanol–water partition coefficient (Wildman–Crippen LogP) is 6.51. The first-order valence-electron chi connectivity index (χ1n) is 12.3. The maximum Gasteiger partial charge on any atom is 0.192 e. The number of hydrogen-bond acceptors (Lipinski definition) is 4. The van der Waals surface area contributed by atoms with Crippen LogP contribution in [0, 0.1) is 5.92 Å². The molecule has 0 amide bonds. The molecule has 7 heteroatoms. The molecular weight excluding hydrogens is 482 g/mol. The monoisotopic (exact) mass is 521 g/mol. The molecule has 0 unspecified atom stereocenters. The third-order valence-corrected chi connectivity index (χ3v) is 13.3. The summed E-state index contributed by atoms with van der Waals surface area (Å²) in [6, 6.07) is 4.94. The largest absolute Gasteiger partial charge is 0.414 e. The van der Waals surface area contributed by atoms with E-state index in [1.54, 1.807) is 0 Å². The minimum Gasteiger partial charge on any atom is -0.414 e. The van der Waals surface area contributed by atoms with Crippen LogP contribution in [0.1, 0.15) is 65.3 Å². The Morgan fingerprint density at radius 1 is 1.09 bits per heavy atom. The number of anilines is 1. The number of nitrogens with zero attached hydrogens (tertiary/aromatic N) is 3. The Kier molecular flexibility index (Phi) is 7.12. The number of aliphatic hydroxyl groups excluding tert-OH is 1. The average Bonchev–Trinajstić information content (AvgIpc) is 3.15. The van der Waals surface area contributed by atoms with Gasteiger partial charge in [-0.25, -0.2) is 0 Å². The van der Waals surface area contributed by atoms with Crippen molar-refractivity contribution in [1.29, 1.82) is 0 Å². The highest BCUT2D eigenvalue weighted by molar-refractivity contribution is 9.10. The second-order valence-corrected chi connectivity index (χ2v) is 17.0. The fourth-order valence-corrected chi connectivity index (χ4v) is 6.92. The molecule has 32 heavy (non-hydrogen) atoms. The number of rotatable bonds is 5. The van der Waals surface area contributed by atoms with Crippen LogP contribution in [-0.4, -0.2) is 49.0 Å². The molecule has 2 heterocycles. The summed E-state index contributed by atoms with van der Waals surface area (Å²) >= 11 is 3.83. The van der Waals surface area contributed by atoms with Crippen molar-refractivity contribution in [1.82, 2.24) is 9.78 Å². The molecule has 1 aromatic carbocycles. The maximum atomic E-state index is 9.42. The quantitative estimate of drug-likeness (QED) is 0.455. The molecule has 0 radical (unpaired) electrons. The van der Waals surface area contributed by atoms with Gasteiger partial charge in [-0.2, -0.15) is 5.10 Å². The summed E-state index contributed by atoms with van der Waals surface area (Å²) in [7, 11) is -1.72. The first kappa shape index (κ1) is 24.2. The van der Waals surface area contributed by atoms with Crippen molar-refractivity contribution >= 4 is 40.8 Å². The smallest absolute Gasteiger partial charge is 0.192 e. The summed E-state index contributed by atoms with van der Waals surface area (Å²) in [5.41, 5.74) is 2.32. The van der Waals surface area contributed by atoms with Crippen LogP contribution in [-0.2, 0) is 4.43 Å². The number of hydrogen-bond donors (Lipinski definition) is 1. The maximum absolute atomic E-state index is 9.42. The number of halogens is 1. The van der Waals surface area contributed by atoms with E-state index in [9.17, 15) is 5.11 Å². The average molecular weight is 523 g/mol. The van der Waals surface area contributed by atoms with Gasteiger partial charge in [0.05, 0.1) is 17.2 Å². The van der Waals surface area contributed by atoms with Gasteiger partial charge in [-0.15, -0.1) is 0 Å². The highest BCUT2D eigenvalue weighted by atomic mass is 79.9. The van der Waals surface area contributed by atoms with E-state index in [1.165, 1.54) is 11.1 Å². The summed E-state index contributed by atoms with van der Waals surface area (Å²) in [6.07, 6.45) is 9.15. The van der Waals surface area contributed by atoms with Gasteiger partial charge in [-0.1, -0.05) is 20.8 Å². The van der Waals surface area contributed by atoms with E-state index < -0.39 is 8.32 Å². The molecule has 2 aromatic rings. The van der Waals surface area contributed by atoms with Crippen molar-refractivity contribution < 1.29 is 9.53 Å². The van der Waals surface area contributed by atoms with Crippen molar-refractivity contribution in [2.45, 2.75) is 89.6 Å². The number of piperidine rings is 1. The van der Waals surface area contributed by atoms with Crippen LogP contribution in [0.4, 0.5) is 5.69 Å². The van der Waals surface area contributed by atoms with Crippen molar-refractivity contribution in [2.75, 3.05) is 24.6 Å². The first-order chi connectivity index (χ1) is 15.1. The molecule has 1 aromatic heterocycles.